The first-order valence-corrected chi connectivity index (χ1v) is 10.3. The number of halogens is 1. The first-order chi connectivity index (χ1) is 14.1. The number of nitrogens with zero attached hydrogens (tertiary/aromatic N) is 6. The minimum Gasteiger partial charge on any atom is -0.297 e. The molecule has 0 N–H and O–H groups in total. The zero-order valence-corrected chi connectivity index (χ0v) is 17.0. The van der Waals surface area contributed by atoms with Gasteiger partial charge < -0.3 is 0 Å². The van der Waals surface area contributed by atoms with E-state index in [4.69, 9.17) is 11.6 Å². The van der Waals surface area contributed by atoms with Gasteiger partial charge in [-0.15, -0.1) is 21.5 Å². The Kier molecular flexibility index (Phi) is 4.37. The van der Waals surface area contributed by atoms with Gasteiger partial charge in [-0.1, -0.05) is 29.8 Å². The molecule has 4 aromatic heterocycles. The summed E-state index contributed by atoms with van der Waals surface area (Å²) in [5, 5.41) is 15.8. The van der Waals surface area contributed by atoms with Crippen LogP contribution in [0.2, 0.25) is 5.02 Å². The zero-order valence-electron chi connectivity index (χ0n) is 15.4. The molecule has 4 heterocycles. The SMILES string of the molecule is Cc1nn2c(nnc3c(=O)n(CCc4cccs4)cnc32)c1-c1ccc(Cl)cc1. The first kappa shape index (κ1) is 18.0. The summed E-state index contributed by atoms with van der Waals surface area (Å²) in [6.45, 7) is 2.43. The molecule has 7 nitrogen and oxygen atoms in total. The van der Waals surface area contributed by atoms with Gasteiger partial charge in [0.25, 0.3) is 5.56 Å². The van der Waals surface area contributed by atoms with Crippen molar-refractivity contribution in [2.45, 2.75) is 19.9 Å². The van der Waals surface area contributed by atoms with Gasteiger partial charge in [0.1, 0.15) is 6.33 Å². The van der Waals surface area contributed by atoms with Crippen molar-refractivity contribution in [1.82, 2.24) is 29.4 Å². The van der Waals surface area contributed by atoms with Gasteiger partial charge in [0.05, 0.1) is 11.3 Å². The molecule has 144 valence electrons. The Morgan fingerprint density at radius 3 is 2.69 bits per heavy atom. The third kappa shape index (κ3) is 3.10. The number of hydrogen-bond acceptors (Lipinski definition) is 6. The molecule has 29 heavy (non-hydrogen) atoms. The van der Waals surface area contributed by atoms with Crippen LogP contribution in [0.15, 0.2) is 52.9 Å². The van der Waals surface area contributed by atoms with Crippen molar-refractivity contribution < 1.29 is 0 Å². The summed E-state index contributed by atoms with van der Waals surface area (Å²) in [5.74, 6) is 0. The number of aryl methyl sites for hydroxylation is 3. The molecule has 5 rings (SSSR count). The summed E-state index contributed by atoms with van der Waals surface area (Å²) in [6, 6.07) is 11.5. The van der Waals surface area contributed by atoms with Crippen molar-refractivity contribution in [3.8, 4) is 11.1 Å². The normalized spacial score (nSPS) is 11.5. The monoisotopic (exact) mass is 422 g/mol. The van der Waals surface area contributed by atoms with E-state index in [2.05, 4.69) is 26.3 Å². The maximum Gasteiger partial charge on any atom is 0.283 e. The summed E-state index contributed by atoms with van der Waals surface area (Å²) >= 11 is 7.67. The summed E-state index contributed by atoms with van der Waals surface area (Å²) < 4.78 is 3.16. The van der Waals surface area contributed by atoms with Gasteiger partial charge in [-0.2, -0.15) is 9.61 Å². The van der Waals surface area contributed by atoms with Crippen LogP contribution < -0.4 is 5.56 Å². The van der Waals surface area contributed by atoms with Crippen molar-refractivity contribution in [2.24, 2.45) is 0 Å². The van der Waals surface area contributed by atoms with Crippen molar-refractivity contribution in [3.05, 3.63) is 74.1 Å². The topological polar surface area (TPSA) is 78.0 Å². The standard InChI is InChI=1S/C20H15ClN6OS/c1-12-16(13-4-6-14(21)7-5-13)18-24-23-17-19(27(18)25-12)22-11-26(20(17)28)9-8-15-3-2-10-29-15/h2-7,10-11H,8-9H2,1H3. The van der Waals surface area contributed by atoms with Crippen LogP contribution in [0.3, 0.4) is 0 Å². The predicted octanol–water partition coefficient (Wildman–Crippen LogP) is 3.77. The first-order valence-electron chi connectivity index (χ1n) is 9.01. The van der Waals surface area contributed by atoms with E-state index in [1.54, 1.807) is 26.7 Å². The van der Waals surface area contributed by atoms with Gasteiger partial charge in [0, 0.05) is 16.4 Å². The molecule has 0 fully saturated rings. The number of rotatable bonds is 4. The van der Waals surface area contributed by atoms with E-state index in [1.807, 2.05) is 42.6 Å². The Bertz CT molecular complexity index is 1390. The Morgan fingerprint density at radius 1 is 1.10 bits per heavy atom. The lowest BCUT2D eigenvalue weighted by molar-refractivity contribution is 0.662. The third-order valence-corrected chi connectivity index (χ3v) is 5.98. The molecule has 1 aromatic carbocycles. The highest BCUT2D eigenvalue weighted by molar-refractivity contribution is 7.09. The molecule has 0 unspecified atom stereocenters. The Hall–Kier alpha value is -3.10. The Labute approximate surface area is 174 Å². The zero-order chi connectivity index (χ0) is 20.0. The second kappa shape index (κ2) is 7.06. The van der Waals surface area contributed by atoms with E-state index < -0.39 is 0 Å². The fraction of sp³-hybridized carbons (Fsp3) is 0.150. The predicted molar refractivity (Wildman–Crippen MR) is 114 cm³/mol. The second-order valence-corrected chi connectivity index (χ2v) is 8.12. The van der Waals surface area contributed by atoms with Gasteiger partial charge in [-0.25, -0.2) is 4.98 Å². The van der Waals surface area contributed by atoms with Gasteiger partial charge in [0.2, 0.25) is 0 Å². The maximum atomic E-state index is 12.9. The molecule has 9 heteroatoms. The van der Waals surface area contributed by atoms with E-state index in [9.17, 15) is 4.79 Å². The summed E-state index contributed by atoms with van der Waals surface area (Å²) in [7, 11) is 0. The van der Waals surface area contributed by atoms with Crippen LogP contribution in [0, 0.1) is 6.92 Å². The van der Waals surface area contributed by atoms with Crippen LogP contribution in [-0.4, -0.2) is 29.4 Å². The summed E-state index contributed by atoms with van der Waals surface area (Å²) in [5.41, 5.74) is 3.49. The second-order valence-electron chi connectivity index (χ2n) is 6.65. The average Bonchev–Trinajstić information content (AvgIpc) is 3.35. The quantitative estimate of drug-likeness (QED) is 0.440. The molecule has 0 saturated carbocycles. The molecular weight excluding hydrogens is 408 g/mol. The van der Waals surface area contributed by atoms with E-state index in [0.29, 0.717) is 22.9 Å². The summed E-state index contributed by atoms with van der Waals surface area (Å²) in [6.07, 6.45) is 2.32. The number of hydrogen-bond donors (Lipinski definition) is 0. The molecule has 5 aromatic rings. The van der Waals surface area contributed by atoms with Crippen molar-refractivity contribution in [1.29, 1.82) is 0 Å². The fourth-order valence-electron chi connectivity index (χ4n) is 3.36. The minimum absolute atomic E-state index is 0.205. The van der Waals surface area contributed by atoms with Crippen molar-refractivity contribution in [2.75, 3.05) is 0 Å². The van der Waals surface area contributed by atoms with Crippen LogP contribution in [0.25, 0.3) is 27.9 Å². The van der Waals surface area contributed by atoms with Gasteiger partial charge in [0.15, 0.2) is 16.8 Å². The van der Waals surface area contributed by atoms with E-state index in [1.165, 1.54) is 4.88 Å². The van der Waals surface area contributed by atoms with Gasteiger partial charge in [-0.05, 0) is 42.5 Å². The van der Waals surface area contributed by atoms with Gasteiger partial charge in [-0.3, -0.25) is 9.36 Å². The summed E-state index contributed by atoms with van der Waals surface area (Å²) in [4.78, 5) is 18.6. The lowest BCUT2D eigenvalue weighted by Gasteiger charge is -2.06. The largest absolute Gasteiger partial charge is 0.297 e. The van der Waals surface area contributed by atoms with Crippen LogP contribution in [0.4, 0.5) is 0 Å². The van der Waals surface area contributed by atoms with E-state index >= 15 is 0 Å². The van der Waals surface area contributed by atoms with Gasteiger partial charge >= 0.3 is 0 Å². The van der Waals surface area contributed by atoms with Crippen LogP contribution in [0.5, 0.6) is 0 Å². The minimum atomic E-state index is -0.220. The number of fused-ring (bicyclic) bond motifs is 3. The third-order valence-electron chi connectivity index (χ3n) is 4.79. The molecule has 0 aliphatic heterocycles. The van der Waals surface area contributed by atoms with Crippen molar-refractivity contribution in [3.63, 3.8) is 0 Å². The molecule has 0 spiro atoms. The molecule has 0 amide bonds. The lowest BCUT2D eigenvalue weighted by atomic mass is 10.1. The highest BCUT2D eigenvalue weighted by atomic mass is 35.5. The smallest absolute Gasteiger partial charge is 0.283 e. The maximum absolute atomic E-state index is 12.9. The lowest BCUT2D eigenvalue weighted by Crippen LogP contribution is -2.23. The van der Waals surface area contributed by atoms with E-state index in [-0.39, 0.29) is 11.1 Å². The molecule has 0 saturated heterocycles. The Morgan fingerprint density at radius 2 is 1.93 bits per heavy atom. The number of thiophene rings is 1. The molecule has 0 bridgehead atoms. The average molecular weight is 423 g/mol. The number of aromatic nitrogens is 6. The highest BCUT2D eigenvalue weighted by Gasteiger charge is 2.18. The molecule has 0 atom stereocenters. The fourth-order valence-corrected chi connectivity index (χ4v) is 4.19. The molecule has 0 aliphatic rings. The van der Waals surface area contributed by atoms with E-state index in [0.717, 1.165) is 23.2 Å². The van der Waals surface area contributed by atoms with Crippen LogP contribution >= 0.6 is 22.9 Å². The van der Waals surface area contributed by atoms with Crippen LogP contribution in [0.1, 0.15) is 10.6 Å². The molecular formula is C20H15ClN6OS. The van der Waals surface area contributed by atoms with Crippen molar-refractivity contribution >= 4 is 39.7 Å². The highest BCUT2D eigenvalue weighted by Crippen LogP contribution is 2.28. The Balaban J connectivity index is 1.62. The van der Waals surface area contributed by atoms with Crippen LogP contribution in [-0.2, 0) is 13.0 Å². The number of benzene rings is 1. The molecule has 0 aliphatic carbocycles. The molecule has 0 radical (unpaired) electrons.